The summed E-state index contributed by atoms with van der Waals surface area (Å²) in [5.41, 5.74) is 1.58. The molecule has 0 aromatic heterocycles. The molecule has 1 aliphatic carbocycles. The minimum Gasteiger partial charge on any atom is -0.322 e. The van der Waals surface area contributed by atoms with Gasteiger partial charge in [-0.15, -0.1) is 0 Å². The maximum Gasteiger partial charge on any atom is 0.344 e. The summed E-state index contributed by atoms with van der Waals surface area (Å²) in [5.74, 6) is 0.146. The number of hydrogen-bond acceptors (Lipinski definition) is 4. The lowest BCUT2D eigenvalue weighted by molar-refractivity contribution is -0.139. The van der Waals surface area contributed by atoms with Gasteiger partial charge in [-0.05, 0) is 37.9 Å². The van der Waals surface area contributed by atoms with E-state index < -0.39 is 11.6 Å². The summed E-state index contributed by atoms with van der Waals surface area (Å²) < 4.78 is 0. The maximum atomic E-state index is 12.4. The van der Waals surface area contributed by atoms with Crippen LogP contribution in [0.5, 0.6) is 0 Å². The molecule has 0 aromatic carbocycles. The minimum absolute atomic E-state index is 0.223. The Morgan fingerprint density at radius 1 is 1.47 bits per heavy atom. The molecule has 2 fully saturated rings. The van der Waals surface area contributed by atoms with Gasteiger partial charge in [-0.1, -0.05) is 6.92 Å². The Kier molecular flexibility index (Phi) is 4.03. The van der Waals surface area contributed by atoms with Gasteiger partial charge in [0, 0.05) is 0 Å². The molecule has 19 heavy (non-hydrogen) atoms. The molecular weight excluding hydrogens is 266 g/mol. The molecule has 4 amide bonds. The number of imide groups is 1. The smallest absolute Gasteiger partial charge is 0.322 e. The number of hydrogen-bond donors (Lipinski definition) is 2. The number of carbonyl (C=O) groups is 3. The molecule has 106 valence electrons. The Morgan fingerprint density at radius 3 is 2.68 bits per heavy atom. The SMILES string of the molecule is CSCC(=O)NN1C(=O)NC2(CCC(C)CC2)C1=O. The number of nitrogens with zero attached hydrogens (tertiary/aromatic N) is 1. The number of hydrazine groups is 1. The molecule has 6 nitrogen and oxygen atoms in total. The number of urea groups is 1. The maximum absolute atomic E-state index is 12.4. The van der Waals surface area contributed by atoms with Gasteiger partial charge < -0.3 is 5.32 Å². The lowest BCUT2D eigenvalue weighted by Gasteiger charge is -2.33. The zero-order valence-corrected chi connectivity index (χ0v) is 12.0. The summed E-state index contributed by atoms with van der Waals surface area (Å²) in [6, 6.07) is -0.519. The van der Waals surface area contributed by atoms with Crippen molar-refractivity contribution in [1.29, 1.82) is 0 Å². The molecule has 0 unspecified atom stereocenters. The van der Waals surface area contributed by atoms with Crippen LogP contribution < -0.4 is 10.7 Å². The van der Waals surface area contributed by atoms with E-state index in [-0.39, 0.29) is 17.6 Å². The quantitative estimate of drug-likeness (QED) is 0.755. The van der Waals surface area contributed by atoms with Gasteiger partial charge in [-0.2, -0.15) is 16.8 Å². The minimum atomic E-state index is -0.795. The monoisotopic (exact) mass is 285 g/mol. The zero-order chi connectivity index (χ0) is 14.0. The fourth-order valence-electron chi connectivity index (χ4n) is 2.60. The summed E-state index contributed by atoms with van der Waals surface area (Å²) in [7, 11) is 0. The third kappa shape index (κ3) is 2.70. The summed E-state index contributed by atoms with van der Waals surface area (Å²) in [4.78, 5) is 35.7. The average Bonchev–Trinajstić information content (AvgIpc) is 2.59. The van der Waals surface area contributed by atoms with Crippen LogP contribution >= 0.6 is 11.8 Å². The van der Waals surface area contributed by atoms with Crippen molar-refractivity contribution < 1.29 is 14.4 Å². The molecule has 1 heterocycles. The number of nitrogens with one attached hydrogen (secondary N) is 2. The summed E-state index contributed by atoms with van der Waals surface area (Å²) in [5, 5.41) is 3.59. The molecule has 2 N–H and O–H groups in total. The Balaban J connectivity index is 2.06. The number of thioether (sulfide) groups is 1. The number of carbonyl (C=O) groups excluding carboxylic acids is 3. The van der Waals surface area contributed by atoms with Gasteiger partial charge >= 0.3 is 6.03 Å². The van der Waals surface area contributed by atoms with E-state index in [0.29, 0.717) is 18.8 Å². The third-order valence-electron chi connectivity index (χ3n) is 3.80. The van der Waals surface area contributed by atoms with Gasteiger partial charge in [0.2, 0.25) is 5.91 Å². The van der Waals surface area contributed by atoms with Crippen molar-refractivity contribution >= 4 is 29.6 Å². The highest BCUT2D eigenvalue weighted by atomic mass is 32.2. The van der Waals surface area contributed by atoms with Crippen molar-refractivity contribution in [3.63, 3.8) is 0 Å². The molecule has 1 aliphatic heterocycles. The first-order valence-corrected chi connectivity index (χ1v) is 7.83. The van der Waals surface area contributed by atoms with Crippen LogP contribution in [0, 0.1) is 5.92 Å². The van der Waals surface area contributed by atoms with Gasteiger partial charge in [-0.3, -0.25) is 15.0 Å². The normalized spacial score (nSPS) is 30.6. The Bertz CT molecular complexity index is 405. The molecule has 0 bridgehead atoms. The molecule has 1 saturated heterocycles. The van der Waals surface area contributed by atoms with Crippen LogP contribution in [0.25, 0.3) is 0 Å². The van der Waals surface area contributed by atoms with Crippen LogP contribution in [-0.4, -0.2) is 40.4 Å². The topological polar surface area (TPSA) is 78.5 Å². The predicted octanol–water partition coefficient (Wildman–Crippen LogP) is 0.881. The number of rotatable bonds is 3. The van der Waals surface area contributed by atoms with Crippen molar-refractivity contribution in [2.75, 3.05) is 12.0 Å². The van der Waals surface area contributed by atoms with Crippen LogP contribution in [0.15, 0.2) is 0 Å². The van der Waals surface area contributed by atoms with E-state index in [1.54, 1.807) is 6.26 Å². The predicted molar refractivity (Wildman–Crippen MR) is 72.3 cm³/mol. The second-order valence-electron chi connectivity index (χ2n) is 5.30. The van der Waals surface area contributed by atoms with E-state index >= 15 is 0 Å². The first-order chi connectivity index (χ1) is 8.98. The van der Waals surface area contributed by atoms with E-state index in [1.807, 2.05) is 0 Å². The first kappa shape index (κ1) is 14.2. The summed E-state index contributed by atoms with van der Waals surface area (Å²) in [6.07, 6.45) is 4.91. The van der Waals surface area contributed by atoms with Crippen LogP contribution in [-0.2, 0) is 9.59 Å². The lowest BCUT2D eigenvalue weighted by Crippen LogP contribution is -2.51. The number of amides is 4. The van der Waals surface area contributed by atoms with Crippen LogP contribution in [0.3, 0.4) is 0 Å². The first-order valence-electron chi connectivity index (χ1n) is 6.43. The second-order valence-corrected chi connectivity index (χ2v) is 6.17. The van der Waals surface area contributed by atoms with Crippen LogP contribution in [0.2, 0.25) is 0 Å². The van der Waals surface area contributed by atoms with E-state index in [4.69, 9.17) is 0 Å². The van der Waals surface area contributed by atoms with Crippen molar-refractivity contribution in [2.45, 2.75) is 38.1 Å². The van der Waals surface area contributed by atoms with E-state index in [1.165, 1.54) is 11.8 Å². The van der Waals surface area contributed by atoms with Gasteiger partial charge in [-0.25, -0.2) is 4.79 Å². The largest absolute Gasteiger partial charge is 0.344 e. The van der Waals surface area contributed by atoms with Crippen LogP contribution in [0.1, 0.15) is 32.6 Å². The highest BCUT2D eigenvalue weighted by Crippen LogP contribution is 2.35. The third-order valence-corrected chi connectivity index (χ3v) is 4.35. The van der Waals surface area contributed by atoms with Crippen LogP contribution in [0.4, 0.5) is 4.79 Å². The van der Waals surface area contributed by atoms with Gasteiger partial charge in [0.25, 0.3) is 5.91 Å². The summed E-state index contributed by atoms with van der Waals surface area (Å²) in [6.45, 7) is 2.14. The van der Waals surface area contributed by atoms with E-state index in [0.717, 1.165) is 17.9 Å². The molecule has 2 aliphatic rings. The zero-order valence-electron chi connectivity index (χ0n) is 11.2. The fourth-order valence-corrected chi connectivity index (χ4v) is 2.93. The molecular formula is C12H19N3O3S. The molecule has 7 heteroatoms. The highest BCUT2D eigenvalue weighted by molar-refractivity contribution is 7.99. The molecule has 0 atom stereocenters. The highest BCUT2D eigenvalue weighted by Gasteiger charge is 2.52. The van der Waals surface area contributed by atoms with E-state index in [9.17, 15) is 14.4 Å². The van der Waals surface area contributed by atoms with Gasteiger partial charge in [0.1, 0.15) is 5.54 Å². The molecule has 1 spiro atoms. The molecule has 2 rings (SSSR count). The molecule has 1 saturated carbocycles. The average molecular weight is 285 g/mol. The van der Waals surface area contributed by atoms with Crippen molar-refractivity contribution in [1.82, 2.24) is 15.8 Å². The lowest BCUT2D eigenvalue weighted by atomic mass is 9.77. The summed E-state index contributed by atoms with van der Waals surface area (Å²) >= 11 is 1.34. The fraction of sp³-hybridized carbons (Fsp3) is 0.750. The Hall–Kier alpha value is -1.24. The second kappa shape index (κ2) is 5.40. The van der Waals surface area contributed by atoms with E-state index in [2.05, 4.69) is 17.7 Å². The van der Waals surface area contributed by atoms with Gasteiger partial charge in [0.05, 0.1) is 5.75 Å². The Morgan fingerprint density at radius 2 is 2.11 bits per heavy atom. The van der Waals surface area contributed by atoms with Gasteiger partial charge in [0.15, 0.2) is 0 Å². The Labute approximate surface area is 116 Å². The molecule has 0 radical (unpaired) electrons. The van der Waals surface area contributed by atoms with Crippen molar-refractivity contribution in [2.24, 2.45) is 5.92 Å². The van der Waals surface area contributed by atoms with Crippen molar-refractivity contribution in [3.8, 4) is 0 Å². The standard InChI is InChI=1S/C12H19N3O3S/c1-8-3-5-12(6-4-8)10(17)15(11(18)13-12)14-9(16)7-19-2/h8H,3-7H2,1-2H3,(H,13,18)(H,14,16). The van der Waals surface area contributed by atoms with Crippen molar-refractivity contribution in [3.05, 3.63) is 0 Å². The molecule has 0 aromatic rings.